The van der Waals surface area contributed by atoms with E-state index in [4.69, 9.17) is 9.84 Å². The monoisotopic (exact) mass is 243 g/mol. The van der Waals surface area contributed by atoms with E-state index in [-0.39, 0.29) is 12.4 Å². The molecule has 0 aliphatic carbocycles. The maximum absolute atomic E-state index is 9.14. The summed E-state index contributed by atoms with van der Waals surface area (Å²) in [5.41, 5.74) is 2.19. The van der Waals surface area contributed by atoms with Crippen molar-refractivity contribution < 1.29 is 9.84 Å². The SMILES string of the molecule is COC(O)/C=C/c1ccc(N(C)C)cc1.Cl. The summed E-state index contributed by atoms with van der Waals surface area (Å²) in [7, 11) is 5.46. The molecule has 0 saturated heterocycles. The van der Waals surface area contributed by atoms with E-state index in [0.29, 0.717) is 0 Å². The van der Waals surface area contributed by atoms with Crippen LogP contribution < -0.4 is 4.90 Å². The Morgan fingerprint density at radius 3 is 2.25 bits per heavy atom. The van der Waals surface area contributed by atoms with E-state index in [1.807, 2.05) is 49.3 Å². The molecule has 90 valence electrons. The molecule has 1 atom stereocenters. The molecule has 4 heteroatoms. The van der Waals surface area contributed by atoms with Gasteiger partial charge in [0.1, 0.15) is 0 Å². The first-order valence-electron chi connectivity index (χ1n) is 4.80. The highest BCUT2D eigenvalue weighted by Crippen LogP contribution is 2.13. The Hall–Kier alpha value is -1.03. The number of rotatable bonds is 4. The van der Waals surface area contributed by atoms with Crippen molar-refractivity contribution in [2.45, 2.75) is 6.29 Å². The molecule has 1 aromatic carbocycles. The van der Waals surface area contributed by atoms with Crippen molar-refractivity contribution in [2.75, 3.05) is 26.1 Å². The number of anilines is 1. The highest BCUT2D eigenvalue weighted by Gasteiger charge is 1.95. The predicted molar refractivity (Wildman–Crippen MR) is 70.1 cm³/mol. The second-order valence-corrected chi connectivity index (χ2v) is 3.47. The minimum atomic E-state index is -0.835. The van der Waals surface area contributed by atoms with Crippen LogP contribution in [0.3, 0.4) is 0 Å². The number of hydrogen-bond donors (Lipinski definition) is 1. The zero-order chi connectivity index (χ0) is 11.3. The van der Waals surface area contributed by atoms with Gasteiger partial charge in [0.25, 0.3) is 0 Å². The molecule has 0 aromatic heterocycles. The second kappa shape index (κ2) is 7.28. The van der Waals surface area contributed by atoms with Crippen LogP contribution >= 0.6 is 12.4 Å². The van der Waals surface area contributed by atoms with Gasteiger partial charge in [0, 0.05) is 26.9 Å². The zero-order valence-electron chi connectivity index (χ0n) is 9.75. The minimum absolute atomic E-state index is 0. The first-order chi connectivity index (χ1) is 7.13. The summed E-state index contributed by atoms with van der Waals surface area (Å²) in [5, 5.41) is 9.14. The molecule has 0 fully saturated rings. The summed E-state index contributed by atoms with van der Waals surface area (Å²) in [6.45, 7) is 0. The van der Waals surface area contributed by atoms with Gasteiger partial charge in [-0.05, 0) is 23.8 Å². The highest BCUT2D eigenvalue weighted by molar-refractivity contribution is 5.85. The van der Waals surface area contributed by atoms with Crippen molar-refractivity contribution >= 4 is 24.2 Å². The molecular formula is C12H18ClNO2. The molecular weight excluding hydrogens is 226 g/mol. The number of methoxy groups -OCH3 is 1. The van der Waals surface area contributed by atoms with Crippen LogP contribution in [0.25, 0.3) is 6.08 Å². The summed E-state index contributed by atoms with van der Waals surface area (Å²) in [6.07, 6.45) is 2.59. The lowest BCUT2D eigenvalue weighted by atomic mass is 10.2. The van der Waals surface area contributed by atoms with E-state index in [1.54, 1.807) is 6.08 Å². The number of aliphatic hydroxyl groups excluding tert-OH is 1. The van der Waals surface area contributed by atoms with Crippen LogP contribution in [-0.2, 0) is 4.74 Å². The van der Waals surface area contributed by atoms with Crippen molar-refractivity contribution in [1.82, 2.24) is 0 Å². The summed E-state index contributed by atoms with van der Waals surface area (Å²) in [5.74, 6) is 0. The average molecular weight is 244 g/mol. The van der Waals surface area contributed by atoms with Gasteiger partial charge < -0.3 is 14.7 Å². The molecule has 0 saturated carbocycles. The topological polar surface area (TPSA) is 32.7 Å². The fourth-order valence-electron chi connectivity index (χ4n) is 1.16. The minimum Gasteiger partial charge on any atom is -0.378 e. The third-order valence-electron chi connectivity index (χ3n) is 2.10. The fraction of sp³-hybridized carbons (Fsp3) is 0.333. The molecule has 1 rings (SSSR count). The number of halogens is 1. The van der Waals surface area contributed by atoms with Crippen LogP contribution in [0, 0.1) is 0 Å². The number of ether oxygens (including phenoxy) is 1. The lowest BCUT2D eigenvalue weighted by Gasteiger charge is -2.11. The van der Waals surface area contributed by atoms with E-state index in [2.05, 4.69) is 0 Å². The lowest BCUT2D eigenvalue weighted by Crippen LogP contribution is -2.08. The van der Waals surface area contributed by atoms with Crippen molar-refractivity contribution in [1.29, 1.82) is 0 Å². The van der Waals surface area contributed by atoms with Crippen LogP contribution in [0.4, 0.5) is 5.69 Å². The number of aliphatic hydroxyl groups is 1. The van der Waals surface area contributed by atoms with Gasteiger partial charge in [0.05, 0.1) is 0 Å². The smallest absolute Gasteiger partial charge is 0.174 e. The summed E-state index contributed by atoms with van der Waals surface area (Å²) < 4.78 is 4.69. The summed E-state index contributed by atoms with van der Waals surface area (Å²) >= 11 is 0. The van der Waals surface area contributed by atoms with Crippen molar-refractivity contribution in [2.24, 2.45) is 0 Å². The lowest BCUT2D eigenvalue weighted by molar-refractivity contribution is -0.0350. The molecule has 0 spiro atoms. The number of nitrogens with zero attached hydrogens (tertiary/aromatic N) is 1. The Morgan fingerprint density at radius 2 is 1.81 bits per heavy atom. The maximum Gasteiger partial charge on any atom is 0.174 e. The summed E-state index contributed by atoms with van der Waals surface area (Å²) in [6, 6.07) is 8.04. The van der Waals surface area contributed by atoms with Gasteiger partial charge in [0.2, 0.25) is 0 Å². The van der Waals surface area contributed by atoms with Gasteiger partial charge in [-0.1, -0.05) is 18.2 Å². The molecule has 1 unspecified atom stereocenters. The first-order valence-corrected chi connectivity index (χ1v) is 4.80. The normalized spacial score (nSPS) is 12.2. The van der Waals surface area contributed by atoms with Crippen LogP contribution in [0.5, 0.6) is 0 Å². The Labute approximate surface area is 103 Å². The quantitative estimate of drug-likeness (QED) is 0.823. The van der Waals surface area contributed by atoms with Crippen molar-refractivity contribution in [3.8, 4) is 0 Å². The average Bonchev–Trinajstić information content (AvgIpc) is 2.26. The predicted octanol–water partition coefficient (Wildman–Crippen LogP) is 2.15. The van der Waals surface area contributed by atoms with Gasteiger partial charge in [-0.3, -0.25) is 0 Å². The Morgan fingerprint density at radius 1 is 1.25 bits per heavy atom. The number of hydrogen-bond acceptors (Lipinski definition) is 3. The standard InChI is InChI=1S/C12H17NO2.ClH/c1-13(2)11-7-4-10(5-8-11)6-9-12(14)15-3;/h4-9,12,14H,1-3H3;1H/b9-6+;. The Kier molecular flexibility index (Phi) is 6.81. The largest absolute Gasteiger partial charge is 0.378 e. The highest BCUT2D eigenvalue weighted by atomic mass is 35.5. The Balaban J connectivity index is 0.00000225. The van der Waals surface area contributed by atoms with Crippen molar-refractivity contribution in [3.63, 3.8) is 0 Å². The number of benzene rings is 1. The van der Waals surface area contributed by atoms with E-state index >= 15 is 0 Å². The van der Waals surface area contributed by atoms with Gasteiger partial charge in [-0.2, -0.15) is 0 Å². The molecule has 0 amide bonds. The van der Waals surface area contributed by atoms with Gasteiger partial charge >= 0.3 is 0 Å². The zero-order valence-corrected chi connectivity index (χ0v) is 10.6. The van der Waals surface area contributed by atoms with Gasteiger partial charge in [-0.15, -0.1) is 12.4 Å². The van der Waals surface area contributed by atoms with Crippen molar-refractivity contribution in [3.05, 3.63) is 35.9 Å². The first kappa shape index (κ1) is 15.0. The third kappa shape index (κ3) is 4.66. The maximum atomic E-state index is 9.14. The van der Waals surface area contributed by atoms with Crippen LogP contribution in [0.1, 0.15) is 5.56 Å². The van der Waals surface area contributed by atoms with Gasteiger partial charge in [0.15, 0.2) is 6.29 Å². The molecule has 0 bridgehead atoms. The molecule has 16 heavy (non-hydrogen) atoms. The van der Waals surface area contributed by atoms with E-state index in [9.17, 15) is 0 Å². The summed E-state index contributed by atoms with van der Waals surface area (Å²) in [4.78, 5) is 2.04. The molecule has 3 nitrogen and oxygen atoms in total. The molecule has 1 N–H and O–H groups in total. The van der Waals surface area contributed by atoms with E-state index in [0.717, 1.165) is 11.3 Å². The van der Waals surface area contributed by atoms with E-state index in [1.165, 1.54) is 7.11 Å². The molecule has 0 heterocycles. The van der Waals surface area contributed by atoms with Crippen LogP contribution in [-0.4, -0.2) is 32.6 Å². The fourth-order valence-corrected chi connectivity index (χ4v) is 1.16. The molecule has 0 aliphatic rings. The molecule has 1 aromatic rings. The van der Waals surface area contributed by atoms with Crippen LogP contribution in [0.15, 0.2) is 30.3 Å². The second-order valence-electron chi connectivity index (χ2n) is 3.47. The molecule has 0 aliphatic heterocycles. The van der Waals surface area contributed by atoms with Crippen LogP contribution in [0.2, 0.25) is 0 Å². The third-order valence-corrected chi connectivity index (χ3v) is 2.10. The van der Waals surface area contributed by atoms with E-state index < -0.39 is 6.29 Å². The van der Waals surface area contributed by atoms with Gasteiger partial charge in [-0.25, -0.2) is 0 Å². The molecule has 0 radical (unpaired) electrons. The Bertz CT molecular complexity index is 322.